The average molecular weight is 363 g/mol. The fourth-order valence-corrected chi connectivity index (χ4v) is 5.23. The Balaban J connectivity index is 0.00000182. The van der Waals surface area contributed by atoms with Gasteiger partial charge in [-0.25, -0.2) is 0 Å². The van der Waals surface area contributed by atoms with Crippen LogP contribution in [0, 0.1) is 19.8 Å². The highest BCUT2D eigenvalue weighted by Crippen LogP contribution is 2.37. The predicted molar refractivity (Wildman–Crippen MR) is 104 cm³/mol. The van der Waals surface area contributed by atoms with Crippen LogP contribution in [0.2, 0.25) is 0 Å². The zero-order valence-corrected chi connectivity index (χ0v) is 16.3. The Hall–Kier alpha value is -1.06. The number of fused-ring (bicyclic) bond motifs is 2. The molecule has 3 unspecified atom stereocenters. The van der Waals surface area contributed by atoms with E-state index in [1.807, 2.05) is 0 Å². The van der Waals surface area contributed by atoms with E-state index in [1.165, 1.54) is 42.4 Å². The third-order valence-corrected chi connectivity index (χ3v) is 6.61. The van der Waals surface area contributed by atoms with E-state index >= 15 is 0 Å². The first-order valence-electron chi connectivity index (χ1n) is 9.73. The lowest BCUT2D eigenvalue weighted by Crippen LogP contribution is -2.40. The maximum absolute atomic E-state index is 13.0. The van der Waals surface area contributed by atoms with Crippen LogP contribution in [-0.4, -0.2) is 29.4 Å². The first-order valence-corrected chi connectivity index (χ1v) is 9.73. The fourth-order valence-electron chi connectivity index (χ4n) is 5.23. The first kappa shape index (κ1) is 18.7. The number of halogens is 1. The highest BCUT2D eigenvalue weighted by atomic mass is 35.5. The van der Waals surface area contributed by atoms with Crippen LogP contribution in [0.4, 0.5) is 0 Å². The van der Waals surface area contributed by atoms with Gasteiger partial charge in [0.25, 0.3) is 0 Å². The minimum absolute atomic E-state index is 0. The SMILES string of the molecule is Cc1cccc(C2CCCN2C(=O)CC2CC3CCC(C2)N3)c1C.Cl. The second-order valence-corrected chi connectivity index (χ2v) is 8.21. The number of hydrogen-bond donors (Lipinski definition) is 1. The van der Waals surface area contributed by atoms with Crippen molar-refractivity contribution in [3.05, 3.63) is 34.9 Å². The minimum Gasteiger partial charge on any atom is -0.336 e. The number of likely N-dealkylation sites (tertiary alicyclic amines) is 1. The largest absolute Gasteiger partial charge is 0.336 e. The van der Waals surface area contributed by atoms with E-state index in [-0.39, 0.29) is 12.4 Å². The van der Waals surface area contributed by atoms with Crippen molar-refractivity contribution in [2.75, 3.05) is 6.54 Å². The van der Waals surface area contributed by atoms with Gasteiger partial charge in [-0.05, 0) is 75.0 Å². The molecule has 3 fully saturated rings. The molecule has 3 heterocycles. The number of piperidine rings is 1. The molecule has 1 N–H and O–H groups in total. The Kier molecular flexibility index (Phi) is 5.75. The summed E-state index contributed by atoms with van der Waals surface area (Å²) in [7, 11) is 0. The van der Waals surface area contributed by atoms with Crippen LogP contribution in [-0.2, 0) is 4.79 Å². The van der Waals surface area contributed by atoms with Gasteiger partial charge >= 0.3 is 0 Å². The Morgan fingerprint density at radius 3 is 2.60 bits per heavy atom. The van der Waals surface area contributed by atoms with Gasteiger partial charge in [0, 0.05) is 25.0 Å². The van der Waals surface area contributed by atoms with Crippen LogP contribution >= 0.6 is 12.4 Å². The van der Waals surface area contributed by atoms with Gasteiger partial charge in [-0.15, -0.1) is 12.4 Å². The van der Waals surface area contributed by atoms with Crippen molar-refractivity contribution in [1.82, 2.24) is 10.2 Å². The molecule has 3 saturated heterocycles. The van der Waals surface area contributed by atoms with Gasteiger partial charge in [0.1, 0.15) is 0 Å². The summed E-state index contributed by atoms with van der Waals surface area (Å²) in [6.07, 6.45) is 8.04. The quantitative estimate of drug-likeness (QED) is 0.868. The molecule has 0 aliphatic carbocycles. The van der Waals surface area contributed by atoms with Gasteiger partial charge < -0.3 is 10.2 Å². The maximum Gasteiger partial charge on any atom is 0.223 e. The van der Waals surface area contributed by atoms with Crippen molar-refractivity contribution in [2.45, 2.75) is 76.9 Å². The summed E-state index contributed by atoms with van der Waals surface area (Å²) in [4.78, 5) is 15.2. The zero-order valence-electron chi connectivity index (χ0n) is 15.5. The number of benzene rings is 1. The van der Waals surface area contributed by atoms with Crippen molar-refractivity contribution in [3.8, 4) is 0 Å². The van der Waals surface area contributed by atoms with Crippen molar-refractivity contribution in [2.24, 2.45) is 5.92 Å². The van der Waals surface area contributed by atoms with Gasteiger partial charge in [-0.2, -0.15) is 0 Å². The number of rotatable bonds is 3. The summed E-state index contributed by atoms with van der Waals surface area (Å²) >= 11 is 0. The smallest absolute Gasteiger partial charge is 0.223 e. The Labute approximate surface area is 158 Å². The highest BCUT2D eigenvalue weighted by molar-refractivity contribution is 5.85. The van der Waals surface area contributed by atoms with E-state index in [2.05, 4.69) is 42.3 Å². The number of nitrogens with zero attached hydrogens (tertiary/aromatic N) is 1. The summed E-state index contributed by atoms with van der Waals surface area (Å²) in [5, 5.41) is 3.69. The molecule has 3 aliphatic heterocycles. The normalized spacial score (nSPS) is 31.0. The third kappa shape index (κ3) is 3.73. The number of hydrogen-bond acceptors (Lipinski definition) is 2. The molecule has 3 nitrogen and oxygen atoms in total. The van der Waals surface area contributed by atoms with Crippen molar-refractivity contribution in [3.63, 3.8) is 0 Å². The molecule has 0 radical (unpaired) electrons. The van der Waals surface area contributed by atoms with Gasteiger partial charge in [-0.1, -0.05) is 18.2 Å². The highest BCUT2D eigenvalue weighted by Gasteiger charge is 2.37. The number of nitrogens with one attached hydrogen (secondary N) is 1. The average Bonchev–Trinajstić information content (AvgIpc) is 3.17. The Morgan fingerprint density at radius 2 is 1.88 bits per heavy atom. The topological polar surface area (TPSA) is 32.3 Å². The molecular formula is C21H31ClN2O. The molecule has 4 heteroatoms. The second-order valence-electron chi connectivity index (χ2n) is 8.21. The molecule has 3 atom stereocenters. The van der Waals surface area contributed by atoms with Crippen LogP contribution in [0.15, 0.2) is 18.2 Å². The second kappa shape index (κ2) is 7.67. The van der Waals surface area contributed by atoms with E-state index < -0.39 is 0 Å². The summed E-state index contributed by atoms with van der Waals surface area (Å²) in [6, 6.07) is 8.19. The molecule has 1 aromatic rings. The molecule has 0 spiro atoms. The first-order chi connectivity index (χ1) is 11.6. The molecular weight excluding hydrogens is 332 g/mol. The van der Waals surface area contributed by atoms with Crippen LogP contribution in [0.3, 0.4) is 0 Å². The Morgan fingerprint density at radius 1 is 1.16 bits per heavy atom. The molecule has 0 saturated carbocycles. The van der Waals surface area contributed by atoms with Crippen molar-refractivity contribution in [1.29, 1.82) is 0 Å². The van der Waals surface area contributed by atoms with Crippen molar-refractivity contribution < 1.29 is 4.79 Å². The Bertz CT molecular complexity index is 620. The molecule has 1 amide bonds. The lowest BCUT2D eigenvalue weighted by Gasteiger charge is -2.32. The zero-order chi connectivity index (χ0) is 16.7. The molecule has 25 heavy (non-hydrogen) atoms. The molecule has 1 aromatic carbocycles. The predicted octanol–water partition coefficient (Wildman–Crippen LogP) is 4.31. The molecule has 4 rings (SSSR count). The van der Waals surface area contributed by atoms with Gasteiger partial charge in [0.2, 0.25) is 5.91 Å². The lowest BCUT2D eigenvalue weighted by molar-refractivity contribution is -0.133. The summed E-state index contributed by atoms with van der Waals surface area (Å²) in [5.74, 6) is 0.987. The minimum atomic E-state index is 0. The van der Waals surface area contributed by atoms with Gasteiger partial charge in [-0.3, -0.25) is 4.79 Å². The molecule has 2 bridgehead atoms. The molecule has 3 aliphatic rings. The van der Waals surface area contributed by atoms with E-state index in [4.69, 9.17) is 0 Å². The van der Waals surface area contributed by atoms with Crippen LogP contribution in [0.1, 0.15) is 67.7 Å². The molecule has 138 valence electrons. The van der Waals surface area contributed by atoms with Crippen molar-refractivity contribution >= 4 is 18.3 Å². The van der Waals surface area contributed by atoms with Crippen LogP contribution < -0.4 is 5.32 Å². The van der Waals surface area contributed by atoms with E-state index in [0.29, 0.717) is 30.0 Å². The van der Waals surface area contributed by atoms with Crippen LogP contribution in [0.5, 0.6) is 0 Å². The monoisotopic (exact) mass is 362 g/mol. The number of amides is 1. The third-order valence-electron chi connectivity index (χ3n) is 6.61. The summed E-state index contributed by atoms with van der Waals surface area (Å²) in [5.41, 5.74) is 4.06. The lowest BCUT2D eigenvalue weighted by atomic mass is 9.89. The van der Waals surface area contributed by atoms with Gasteiger partial charge in [0.15, 0.2) is 0 Å². The maximum atomic E-state index is 13.0. The number of carbonyl (C=O) groups excluding carboxylic acids is 1. The fraction of sp³-hybridized carbons (Fsp3) is 0.667. The van der Waals surface area contributed by atoms with Crippen LogP contribution in [0.25, 0.3) is 0 Å². The summed E-state index contributed by atoms with van der Waals surface area (Å²) in [6.45, 7) is 5.32. The number of aryl methyl sites for hydroxylation is 1. The summed E-state index contributed by atoms with van der Waals surface area (Å²) < 4.78 is 0. The van der Waals surface area contributed by atoms with E-state index in [9.17, 15) is 4.79 Å². The van der Waals surface area contributed by atoms with Gasteiger partial charge in [0.05, 0.1) is 6.04 Å². The molecule has 0 aromatic heterocycles. The van der Waals surface area contributed by atoms with E-state index in [0.717, 1.165) is 25.8 Å². The number of carbonyl (C=O) groups is 1. The van der Waals surface area contributed by atoms with E-state index in [1.54, 1.807) is 0 Å². The standard InChI is InChI=1S/C21H30N2O.ClH/c1-14-5-3-6-19(15(14)2)20-7-4-10-23(20)21(24)13-16-11-17-8-9-18(12-16)22-17;/h3,5-6,16-18,20,22H,4,7-13H2,1-2H3;1H.